The minimum Gasteiger partial charge on any atom is -0.480 e. The molecular weight excluding hydrogens is 130 g/mol. The highest BCUT2D eigenvalue weighted by Gasteiger charge is 2.31. The molecule has 10 heavy (non-hydrogen) atoms. The summed E-state index contributed by atoms with van der Waals surface area (Å²) in [6.45, 7) is 3.30. The summed E-state index contributed by atoms with van der Waals surface area (Å²) in [5.41, 5.74) is -1.19. The van der Waals surface area contributed by atoms with Gasteiger partial charge < -0.3 is 5.11 Å². The van der Waals surface area contributed by atoms with E-state index >= 15 is 0 Å². The molecule has 0 aromatic carbocycles. The molecule has 0 saturated carbocycles. The topological polar surface area (TPSA) is 61.1 Å². The predicted molar refractivity (Wildman–Crippen MR) is 36.3 cm³/mol. The van der Waals surface area contributed by atoms with Gasteiger partial charge in [0.15, 0.2) is 5.41 Å². The van der Waals surface area contributed by atoms with Crippen molar-refractivity contribution in [2.75, 3.05) is 0 Å². The fourth-order valence-electron chi connectivity index (χ4n) is 0.711. The van der Waals surface area contributed by atoms with Gasteiger partial charge in [0.1, 0.15) is 0 Å². The van der Waals surface area contributed by atoms with Crippen molar-refractivity contribution in [1.82, 2.24) is 0 Å². The van der Waals surface area contributed by atoms with E-state index in [0.29, 0.717) is 6.42 Å². The van der Waals surface area contributed by atoms with E-state index in [2.05, 4.69) is 0 Å². The lowest BCUT2D eigenvalue weighted by Gasteiger charge is -2.13. The first-order valence-electron chi connectivity index (χ1n) is 3.21. The number of rotatable bonds is 3. The maximum atomic E-state index is 10.4. The number of nitriles is 1. The van der Waals surface area contributed by atoms with Gasteiger partial charge in [-0.05, 0) is 13.3 Å². The van der Waals surface area contributed by atoms with Crippen LogP contribution >= 0.6 is 0 Å². The summed E-state index contributed by atoms with van der Waals surface area (Å²) in [5, 5.41) is 17.0. The third kappa shape index (κ3) is 1.73. The van der Waals surface area contributed by atoms with Crippen molar-refractivity contribution < 1.29 is 9.90 Å². The average molecular weight is 141 g/mol. The van der Waals surface area contributed by atoms with E-state index in [9.17, 15) is 4.79 Å². The minimum atomic E-state index is -1.19. The van der Waals surface area contributed by atoms with Crippen LogP contribution in [0.2, 0.25) is 0 Å². The van der Waals surface area contributed by atoms with Crippen LogP contribution in [0.5, 0.6) is 0 Å². The fraction of sp³-hybridized carbons (Fsp3) is 0.714. The van der Waals surface area contributed by atoms with Gasteiger partial charge in [0.2, 0.25) is 0 Å². The Balaban J connectivity index is 4.27. The Bertz CT molecular complexity index is 171. The Kier molecular flexibility index (Phi) is 2.88. The lowest BCUT2D eigenvalue weighted by atomic mass is 9.88. The summed E-state index contributed by atoms with van der Waals surface area (Å²) in [4.78, 5) is 10.4. The molecule has 3 heteroatoms. The molecule has 0 fully saturated rings. The van der Waals surface area contributed by atoms with E-state index < -0.39 is 11.4 Å². The van der Waals surface area contributed by atoms with Crippen molar-refractivity contribution in [3.8, 4) is 6.07 Å². The molecule has 56 valence electrons. The summed E-state index contributed by atoms with van der Waals surface area (Å²) in [6.07, 6.45) is 1.13. The largest absolute Gasteiger partial charge is 0.480 e. The summed E-state index contributed by atoms with van der Waals surface area (Å²) in [5.74, 6) is -1.03. The maximum absolute atomic E-state index is 10.4. The first-order valence-corrected chi connectivity index (χ1v) is 3.21. The van der Waals surface area contributed by atoms with Crippen molar-refractivity contribution in [2.45, 2.75) is 26.7 Å². The lowest BCUT2D eigenvalue weighted by molar-refractivity contribution is -0.145. The van der Waals surface area contributed by atoms with Crippen molar-refractivity contribution in [3.05, 3.63) is 0 Å². The highest BCUT2D eigenvalue weighted by molar-refractivity contribution is 5.77. The van der Waals surface area contributed by atoms with Crippen LogP contribution in [0.25, 0.3) is 0 Å². The van der Waals surface area contributed by atoms with Crippen molar-refractivity contribution in [3.63, 3.8) is 0 Å². The normalized spacial score (nSPS) is 15.3. The van der Waals surface area contributed by atoms with Crippen molar-refractivity contribution in [1.29, 1.82) is 5.26 Å². The smallest absolute Gasteiger partial charge is 0.323 e. The van der Waals surface area contributed by atoms with E-state index in [1.807, 2.05) is 6.92 Å². The quantitative estimate of drug-likeness (QED) is 0.646. The van der Waals surface area contributed by atoms with Crippen LogP contribution in [0.1, 0.15) is 26.7 Å². The summed E-state index contributed by atoms with van der Waals surface area (Å²) < 4.78 is 0. The van der Waals surface area contributed by atoms with Gasteiger partial charge in [-0.1, -0.05) is 13.3 Å². The number of aliphatic carboxylic acids is 1. The third-order valence-corrected chi connectivity index (χ3v) is 1.47. The Morgan fingerprint density at radius 2 is 2.30 bits per heavy atom. The monoisotopic (exact) mass is 141 g/mol. The van der Waals surface area contributed by atoms with E-state index in [1.54, 1.807) is 6.07 Å². The van der Waals surface area contributed by atoms with Gasteiger partial charge in [0, 0.05) is 0 Å². The molecule has 0 saturated heterocycles. The highest BCUT2D eigenvalue weighted by Crippen LogP contribution is 2.21. The second kappa shape index (κ2) is 3.21. The van der Waals surface area contributed by atoms with E-state index in [0.717, 1.165) is 6.42 Å². The molecule has 0 spiro atoms. The summed E-state index contributed by atoms with van der Waals surface area (Å²) in [6, 6.07) is 1.78. The minimum absolute atomic E-state index is 0.416. The third-order valence-electron chi connectivity index (χ3n) is 1.47. The molecule has 0 heterocycles. The number of carboxylic acids is 1. The zero-order valence-electron chi connectivity index (χ0n) is 6.22. The Hall–Kier alpha value is -1.04. The Labute approximate surface area is 60.3 Å². The van der Waals surface area contributed by atoms with Crippen LogP contribution in [0.4, 0.5) is 0 Å². The van der Waals surface area contributed by atoms with Crippen molar-refractivity contribution in [2.24, 2.45) is 5.41 Å². The van der Waals surface area contributed by atoms with Crippen LogP contribution in [0.3, 0.4) is 0 Å². The molecule has 0 rings (SSSR count). The van der Waals surface area contributed by atoms with Gasteiger partial charge in [-0.25, -0.2) is 0 Å². The molecule has 0 bridgehead atoms. The molecule has 0 aromatic rings. The van der Waals surface area contributed by atoms with E-state index in [-0.39, 0.29) is 0 Å². The van der Waals surface area contributed by atoms with Gasteiger partial charge in [-0.3, -0.25) is 4.79 Å². The lowest BCUT2D eigenvalue weighted by Crippen LogP contribution is -2.25. The molecule has 0 aromatic heterocycles. The second-order valence-corrected chi connectivity index (χ2v) is 2.50. The predicted octanol–water partition coefficient (Wildman–Crippen LogP) is 1.40. The number of carbonyl (C=O) groups is 1. The van der Waals surface area contributed by atoms with E-state index in [1.165, 1.54) is 6.92 Å². The fourth-order valence-corrected chi connectivity index (χ4v) is 0.711. The molecule has 0 radical (unpaired) electrons. The number of nitrogens with zero attached hydrogens (tertiary/aromatic N) is 1. The van der Waals surface area contributed by atoms with Gasteiger partial charge in [0.25, 0.3) is 0 Å². The van der Waals surface area contributed by atoms with Crippen LogP contribution in [0, 0.1) is 16.7 Å². The van der Waals surface area contributed by atoms with Crippen LogP contribution in [0.15, 0.2) is 0 Å². The zero-order valence-corrected chi connectivity index (χ0v) is 6.22. The summed E-state index contributed by atoms with van der Waals surface area (Å²) >= 11 is 0. The molecule has 1 N–H and O–H groups in total. The van der Waals surface area contributed by atoms with Crippen LogP contribution in [-0.2, 0) is 4.79 Å². The first kappa shape index (κ1) is 8.96. The molecule has 0 aliphatic carbocycles. The van der Waals surface area contributed by atoms with Gasteiger partial charge in [-0.15, -0.1) is 0 Å². The number of hydrogen-bond donors (Lipinski definition) is 1. The van der Waals surface area contributed by atoms with Gasteiger partial charge >= 0.3 is 5.97 Å². The SMILES string of the molecule is CCC[C@](C)(C#N)C(=O)O. The Morgan fingerprint density at radius 3 is 2.40 bits per heavy atom. The molecule has 0 amide bonds. The molecule has 3 nitrogen and oxygen atoms in total. The summed E-state index contributed by atoms with van der Waals surface area (Å²) in [7, 11) is 0. The Morgan fingerprint density at radius 1 is 1.80 bits per heavy atom. The highest BCUT2D eigenvalue weighted by atomic mass is 16.4. The first-order chi connectivity index (χ1) is 4.56. The number of hydrogen-bond acceptors (Lipinski definition) is 2. The van der Waals surface area contributed by atoms with E-state index in [4.69, 9.17) is 10.4 Å². The molecular formula is C7H11NO2. The average Bonchev–Trinajstić information content (AvgIpc) is 1.88. The van der Waals surface area contributed by atoms with Gasteiger partial charge in [0.05, 0.1) is 6.07 Å². The molecule has 0 aliphatic rings. The molecule has 1 atom stereocenters. The zero-order chi connectivity index (χ0) is 8.20. The van der Waals surface area contributed by atoms with Crippen LogP contribution < -0.4 is 0 Å². The standard InChI is InChI=1S/C7H11NO2/c1-3-4-7(2,5-8)6(9)10/h3-4H2,1-2H3,(H,9,10)/t7-/m1/s1. The second-order valence-electron chi connectivity index (χ2n) is 2.50. The maximum Gasteiger partial charge on any atom is 0.323 e. The number of carboxylic acid groups (broad SMARTS) is 1. The molecule has 0 aliphatic heterocycles. The molecule has 0 unspecified atom stereocenters. The van der Waals surface area contributed by atoms with Crippen LogP contribution in [-0.4, -0.2) is 11.1 Å². The van der Waals surface area contributed by atoms with Crippen molar-refractivity contribution >= 4 is 5.97 Å². The van der Waals surface area contributed by atoms with Gasteiger partial charge in [-0.2, -0.15) is 5.26 Å².